The van der Waals surface area contributed by atoms with Gasteiger partial charge >= 0.3 is 5.97 Å². The van der Waals surface area contributed by atoms with Crippen LogP contribution >= 0.6 is 0 Å². The van der Waals surface area contributed by atoms with Crippen LogP contribution < -0.4 is 14.8 Å². The second kappa shape index (κ2) is 7.93. The summed E-state index contributed by atoms with van der Waals surface area (Å²) in [6.45, 7) is -0.266. The number of para-hydroxylation sites is 2. The summed E-state index contributed by atoms with van der Waals surface area (Å²) < 4.78 is 23.0. The maximum Gasteiger partial charge on any atom is 0.330 e. The van der Waals surface area contributed by atoms with Crippen molar-refractivity contribution in [3.05, 3.63) is 59.9 Å². The van der Waals surface area contributed by atoms with Gasteiger partial charge in [0, 0.05) is 0 Å². The van der Waals surface area contributed by atoms with Gasteiger partial charge in [0.2, 0.25) is 5.91 Å². The van der Waals surface area contributed by atoms with Crippen molar-refractivity contribution in [2.75, 3.05) is 13.7 Å². The molecule has 0 radical (unpaired) electrons. The smallest absolute Gasteiger partial charge is 0.330 e. The number of rotatable bonds is 6. The highest BCUT2D eigenvalue weighted by molar-refractivity contribution is 5.84. The van der Waals surface area contributed by atoms with Gasteiger partial charge in [-0.15, -0.1) is 0 Å². The predicted molar refractivity (Wildman–Crippen MR) is 81.7 cm³/mol. The lowest BCUT2D eigenvalue weighted by Gasteiger charge is -2.09. The van der Waals surface area contributed by atoms with Crippen molar-refractivity contribution in [1.82, 2.24) is 5.32 Å². The van der Waals surface area contributed by atoms with E-state index in [1.165, 1.54) is 31.4 Å². The number of amides is 1. The number of carbonyl (C=O) groups excluding carboxylic acids is 2. The van der Waals surface area contributed by atoms with Gasteiger partial charge in [-0.25, -0.2) is 9.18 Å². The molecular weight excluding hydrogens is 301 g/mol. The van der Waals surface area contributed by atoms with Gasteiger partial charge in [0.25, 0.3) is 0 Å². The van der Waals surface area contributed by atoms with Crippen molar-refractivity contribution >= 4 is 11.9 Å². The minimum atomic E-state index is -0.609. The van der Waals surface area contributed by atoms with Gasteiger partial charge in [0.1, 0.15) is 12.4 Å². The second-order valence-corrected chi connectivity index (χ2v) is 4.70. The number of benzene rings is 2. The molecule has 6 heteroatoms. The van der Waals surface area contributed by atoms with E-state index in [-0.39, 0.29) is 30.4 Å². The highest BCUT2D eigenvalue weighted by Crippen LogP contribution is 2.25. The number of esters is 1. The molecule has 5 nitrogen and oxygen atoms in total. The quantitative estimate of drug-likeness (QED) is 0.654. The normalized spacial score (nSPS) is 10.0. The minimum absolute atomic E-state index is 0.0578. The summed E-state index contributed by atoms with van der Waals surface area (Å²) in [5.41, 5.74) is 0.655. The molecule has 2 aromatic carbocycles. The molecule has 1 amide bonds. The lowest BCUT2D eigenvalue weighted by atomic mass is 10.1. The molecule has 0 atom stereocenters. The Hall–Kier alpha value is -2.89. The summed E-state index contributed by atoms with van der Waals surface area (Å²) in [5, 5.41) is 2.46. The number of hydrogen-bond donors (Lipinski definition) is 1. The van der Waals surface area contributed by atoms with Crippen LogP contribution in [-0.4, -0.2) is 25.5 Å². The standard InChI is InChI=1S/C17H16FNO4/c1-22-14-4-2-3-5-15(14)23-17(21)11-19-16(20)10-12-6-8-13(18)9-7-12/h2-9H,10-11H2,1H3,(H,19,20). The monoisotopic (exact) mass is 317 g/mol. The third-order valence-electron chi connectivity index (χ3n) is 3.00. The highest BCUT2D eigenvalue weighted by Gasteiger charge is 2.11. The molecule has 0 unspecified atom stereocenters. The van der Waals surface area contributed by atoms with Crippen molar-refractivity contribution in [3.8, 4) is 11.5 Å². The fourth-order valence-electron chi connectivity index (χ4n) is 1.88. The first kappa shape index (κ1) is 16.5. The highest BCUT2D eigenvalue weighted by atomic mass is 19.1. The first-order chi connectivity index (χ1) is 11.1. The number of ether oxygens (including phenoxy) is 2. The average Bonchev–Trinajstić information content (AvgIpc) is 2.55. The Labute approximate surface area is 133 Å². The van der Waals surface area contributed by atoms with E-state index in [2.05, 4.69) is 5.32 Å². The van der Waals surface area contributed by atoms with E-state index in [1.807, 2.05) is 0 Å². The zero-order chi connectivity index (χ0) is 16.7. The van der Waals surface area contributed by atoms with Gasteiger partial charge in [-0.05, 0) is 29.8 Å². The fourth-order valence-corrected chi connectivity index (χ4v) is 1.88. The Balaban J connectivity index is 1.82. The molecular formula is C17H16FNO4. The molecule has 0 heterocycles. The lowest BCUT2D eigenvalue weighted by molar-refractivity contribution is -0.135. The minimum Gasteiger partial charge on any atom is -0.493 e. The van der Waals surface area contributed by atoms with Gasteiger partial charge in [-0.1, -0.05) is 24.3 Å². The summed E-state index contributed by atoms with van der Waals surface area (Å²) in [6, 6.07) is 12.3. The second-order valence-electron chi connectivity index (χ2n) is 4.70. The number of carbonyl (C=O) groups is 2. The predicted octanol–water partition coefficient (Wildman–Crippen LogP) is 2.10. The Morgan fingerprint density at radius 1 is 1.04 bits per heavy atom. The van der Waals surface area contributed by atoms with Crippen molar-refractivity contribution in [1.29, 1.82) is 0 Å². The number of nitrogens with one attached hydrogen (secondary N) is 1. The first-order valence-electron chi connectivity index (χ1n) is 6.93. The van der Waals surface area contributed by atoms with E-state index in [1.54, 1.807) is 24.3 Å². The average molecular weight is 317 g/mol. The molecule has 0 aliphatic carbocycles. The summed E-state index contributed by atoms with van der Waals surface area (Å²) >= 11 is 0. The molecule has 23 heavy (non-hydrogen) atoms. The van der Waals surface area contributed by atoms with E-state index in [0.29, 0.717) is 11.3 Å². The maximum atomic E-state index is 12.8. The van der Waals surface area contributed by atoms with E-state index in [9.17, 15) is 14.0 Å². The molecule has 0 aliphatic heterocycles. The molecule has 0 saturated carbocycles. The van der Waals surface area contributed by atoms with Gasteiger partial charge in [-0.3, -0.25) is 4.79 Å². The fraction of sp³-hybridized carbons (Fsp3) is 0.176. The summed E-state index contributed by atoms with van der Waals surface area (Å²) in [7, 11) is 1.47. The SMILES string of the molecule is COc1ccccc1OC(=O)CNC(=O)Cc1ccc(F)cc1. The summed E-state index contributed by atoms with van der Waals surface area (Å²) in [4.78, 5) is 23.5. The third-order valence-corrected chi connectivity index (χ3v) is 3.00. The zero-order valence-electron chi connectivity index (χ0n) is 12.5. The Morgan fingerprint density at radius 3 is 2.35 bits per heavy atom. The molecule has 2 rings (SSSR count). The van der Waals surface area contributed by atoms with Gasteiger partial charge in [0.15, 0.2) is 11.5 Å². The zero-order valence-corrected chi connectivity index (χ0v) is 12.5. The van der Waals surface area contributed by atoms with Crippen LogP contribution in [-0.2, 0) is 16.0 Å². The number of hydrogen-bond acceptors (Lipinski definition) is 4. The van der Waals surface area contributed by atoms with Crippen LogP contribution in [0.1, 0.15) is 5.56 Å². The molecule has 120 valence electrons. The van der Waals surface area contributed by atoms with Crippen LogP contribution in [0.25, 0.3) is 0 Å². The molecule has 2 aromatic rings. The van der Waals surface area contributed by atoms with Crippen molar-refractivity contribution in [2.45, 2.75) is 6.42 Å². The molecule has 0 aromatic heterocycles. The van der Waals surface area contributed by atoms with Gasteiger partial charge < -0.3 is 14.8 Å². The van der Waals surface area contributed by atoms with Gasteiger partial charge in [-0.2, -0.15) is 0 Å². The van der Waals surface area contributed by atoms with Crippen LogP contribution in [0.5, 0.6) is 11.5 Å². The Kier molecular flexibility index (Phi) is 5.68. The van der Waals surface area contributed by atoms with Crippen LogP contribution in [0.3, 0.4) is 0 Å². The van der Waals surface area contributed by atoms with Crippen LogP contribution in [0.15, 0.2) is 48.5 Å². The molecule has 0 bridgehead atoms. The van der Waals surface area contributed by atoms with Gasteiger partial charge in [0.05, 0.1) is 13.5 Å². The largest absolute Gasteiger partial charge is 0.493 e. The van der Waals surface area contributed by atoms with E-state index >= 15 is 0 Å². The first-order valence-corrected chi connectivity index (χ1v) is 6.93. The van der Waals surface area contributed by atoms with Crippen LogP contribution in [0.2, 0.25) is 0 Å². The summed E-state index contributed by atoms with van der Waals surface area (Å²) in [6.07, 6.45) is 0.0578. The summed E-state index contributed by atoms with van der Waals surface area (Å²) in [5.74, 6) is -0.614. The molecule has 0 fully saturated rings. The molecule has 0 spiro atoms. The van der Waals surface area contributed by atoms with Crippen LogP contribution in [0.4, 0.5) is 4.39 Å². The maximum absolute atomic E-state index is 12.8. The number of methoxy groups -OCH3 is 1. The molecule has 1 N–H and O–H groups in total. The van der Waals surface area contributed by atoms with E-state index in [0.717, 1.165) is 0 Å². The third kappa shape index (κ3) is 5.10. The van der Waals surface area contributed by atoms with Crippen molar-refractivity contribution in [2.24, 2.45) is 0 Å². The lowest BCUT2D eigenvalue weighted by Crippen LogP contribution is -2.32. The topological polar surface area (TPSA) is 64.6 Å². The van der Waals surface area contributed by atoms with E-state index in [4.69, 9.17) is 9.47 Å². The molecule has 0 aliphatic rings. The van der Waals surface area contributed by atoms with Crippen molar-refractivity contribution in [3.63, 3.8) is 0 Å². The Bertz CT molecular complexity index is 685. The Morgan fingerprint density at radius 2 is 1.70 bits per heavy atom. The number of halogens is 1. The van der Waals surface area contributed by atoms with E-state index < -0.39 is 5.97 Å². The van der Waals surface area contributed by atoms with Crippen LogP contribution in [0, 0.1) is 5.82 Å². The molecule has 0 saturated heterocycles. The van der Waals surface area contributed by atoms with Crippen molar-refractivity contribution < 1.29 is 23.5 Å².